The van der Waals surface area contributed by atoms with Crippen LogP contribution >= 0.6 is 15.2 Å². The van der Waals surface area contributed by atoms with Crippen molar-refractivity contribution in [3.63, 3.8) is 0 Å². The summed E-state index contributed by atoms with van der Waals surface area (Å²) in [6.07, 6.45) is 29.8. The van der Waals surface area contributed by atoms with E-state index >= 15 is 0 Å². The second kappa shape index (κ2) is 42.8. The van der Waals surface area contributed by atoms with Crippen LogP contribution in [0.5, 0.6) is 23.0 Å². The van der Waals surface area contributed by atoms with Crippen molar-refractivity contribution in [2.24, 2.45) is 11.8 Å². The molecule has 0 unspecified atom stereocenters. The molecule has 0 spiro atoms. The highest BCUT2D eigenvalue weighted by Gasteiger charge is 2.23. The molecule has 0 radical (unpaired) electrons. The summed E-state index contributed by atoms with van der Waals surface area (Å²) >= 11 is 0. The number of unbranched alkanes of at least 4 members (excludes halogenated alkanes) is 22. The minimum absolute atomic E-state index is 0.0222. The quantitative estimate of drug-likeness (QED) is 0.0375. The van der Waals surface area contributed by atoms with Gasteiger partial charge in [-0.15, -0.1) is 0 Å². The van der Waals surface area contributed by atoms with E-state index in [1.54, 1.807) is 0 Å². The van der Waals surface area contributed by atoms with Gasteiger partial charge in [-0.25, -0.2) is 0 Å². The van der Waals surface area contributed by atoms with E-state index in [9.17, 15) is 26.7 Å². The Morgan fingerprint density at radius 2 is 0.708 bits per heavy atom. The Labute approximate surface area is 433 Å². The zero-order valence-electron chi connectivity index (χ0n) is 45.5. The number of ether oxygens (including phenoxy) is 4. The molecule has 0 saturated heterocycles. The van der Waals surface area contributed by atoms with Gasteiger partial charge in [0, 0.05) is 6.16 Å². The Morgan fingerprint density at radius 1 is 0.417 bits per heavy atom. The van der Waals surface area contributed by atoms with Gasteiger partial charge in [0.05, 0.1) is 45.8 Å². The van der Waals surface area contributed by atoms with E-state index in [1.807, 2.05) is 13.8 Å². The topological polar surface area (TPSA) is 130 Å². The average Bonchev–Trinajstić information content (AvgIpc) is 3.34. The molecule has 0 bridgehead atoms. The summed E-state index contributed by atoms with van der Waals surface area (Å²) in [5.41, 5.74) is 0. The second-order valence-corrected chi connectivity index (χ2v) is 23.5. The van der Waals surface area contributed by atoms with Crippen LogP contribution in [-0.4, -0.2) is 61.8 Å². The average molecular weight is 1070 g/mol. The Kier molecular flexibility index (Phi) is 40.3. The molecular weight excluding hydrogens is 971 g/mol. The maximum atomic E-state index is 14.4. The molecule has 0 aliphatic heterocycles. The standard InChI is InChI=1S/C30H53F2O5P.C26H45F2O5P/c1-5-8-9-17-20-26(4)25-35-28-22-21-27(29(31)30(28)32)34-23-18-15-13-11-10-12-14-16-19-24-38(33,36-6-2)37-7-3;1-3-4-5-13-16-22(2)21-33-24-18-17-23(25(27)26(24)28)32-19-14-11-9-7-6-8-10-12-15-20-34(29,30)31/h21-22,26H,5-20,23-25H2,1-4H3;17-18,22H,3-16,19-21H2,1-2H3,(H2,29,30,31)/t26-;22-/m00/s1. The SMILES string of the molecule is CCCCCC[C@H](C)COc1ccc(OCCCCCCCCCCCP(=O)(O)O)c(F)c1F.CCCCCC[C@H](C)COc1ccc(OCCCCCCCCCCCP(=O)(OCC)OCC)c(F)c1F. The predicted molar refractivity (Wildman–Crippen MR) is 286 cm³/mol. The van der Waals surface area contributed by atoms with E-state index in [2.05, 4.69) is 27.7 Å². The first-order valence-electron chi connectivity index (χ1n) is 28.0. The number of hydrogen-bond donors (Lipinski definition) is 2. The van der Waals surface area contributed by atoms with E-state index in [0.717, 1.165) is 135 Å². The summed E-state index contributed by atoms with van der Waals surface area (Å²) < 4.78 is 113. The van der Waals surface area contributed by atoms with Crippen molar-refractivity contribution in [1.29, 1.82) is 0 Å². The van der Waals surface area contributed by atoms with Crippen LogP contribution in [0.1, 0.15) is 221 Å². The fourth-order valence-corrected chi connectivity index (χ4v) is 10.5. The van der Waals surface area contributed by atoms with Crippen LogP contribution in [0, 0.1) is 35.1 Å². The summed E-state index contributed by atoms with van der Waals surface area (Å²) in [7, 11) is -6.75. The molecule has 2 N–H and O–H groups in total. The van der Waals surface area contributed by atoms with E-state index in [-0.39, 0.29) is 29.2 Å². The minimum Gasteiger partial charge on any atom is -0.490 e. The molecule has 2 aromatic rings. The molecule has 72 heavy (non-hydrogen) atoms. The van der Waals surface area contributed by atoms with Crippen LogP contribution in [0.15, 0.2) is 24.3 Å². The highest BCUT2D eigenvalue weighted by atomic mass is 31.2. The van der Waals surface area contributed by atoms with Crippen LogP contribution in [0.25, 0.3) is 0 Å². The van der Waals surface area contributed by atoms with Crippen LogP contribution in [0.2, 0.25) is 0 Å². The van der Waals surface area contributed by atoms with E-state index < -0.39 is 38.5 Å². The summed E-state index contributed by atoms with van der Waals surface area (Å²) in [4.78, 5) is 17.6. The molecule has 420 valence electrons. The van der Waals surface area contributed by atoms with Gasteiger partial charge in [0.1, 0.15) is 0 Å². The van der Waals surface area contributed by atoms with Crippen molar-refractivity contribution in [2.45, 2.75) is 221 Å². The van der Waals surface area contributed by atoms with Crippen molar-refractivity contribution in [3.8, 4) is 23.0 Å². The van der Waals surface area contributed by atoms with Gasteiger partial charge in [-0.1, -0.05) is 169 Å². The Balaban J connectivity index is 0.000000724. The first-order chi connectivity index (χ1) is 34.6. The Bertz CT molecular complexity index is 1720. The highest BCUT2D eigenvalue weighted by Crippen LogP contribution is 2.48. The monoisotopic (exact) mass is 1070 g/mol. The van der Waals surface area contributed by atoms with Crippen LogP contribution in [0.4, 0.5) is 17.6 Å². The molecule has 0 aromatic heterocycles. The Hall–Kier alpha value is -2.34. The molecule has 2 rings (SSSR count). The molecule has 16 heteroatoms. The van der Waals surface area contributed by atoms with Gasteiger partial charge in [-0.3, -0.25) is 9.13 Å². The van der Waals surface area contributed by atoms with Gasteiger partial charge < -0.3 is 37.8 Å². The van der Waals surface area contributed by atoms with Crippen LogP contribution in [0.3, 0.4) is 0 Å². The zero-order chi connectivity index (χ0) is 53.3. The molecule has 0 amide bonds. The first kappa shape index (κ1) is 67.7. The second-order valence-electron chi connectivity index (χ2n) is 19.5. The van der Waals surface area contributed by atoms with Crippen molar-refractivity contribution >= 4 is 15.2 Å². The lowest BCUT2D eigenvalue weighted by atomic mass is 10.0. The normalized spacial score (nSPS) is 12.6. The molecule has 2 atom stereocenters. The smallest absolute Gasteiger partial charge is 0.330 e. The van der Waals surface area contributed by atoms with Crippen LogP contribution < -0.4 is 18.9 Å². The van der Waals surface area contributed by atoms with Crippen molar-refractivity contribution in [1.82, 2.24) is 0 Å². The van der Waals surface area contributed by atoms with E-state index in [4.69, 9.17) is 37.8 Å². The zero-order valence-corrected chi connectivity index (χ0v) is 47.3. The summed E-state index contributed by atoms with van der Waals surface area (Å²) in [6.45, 7) is 14.4. The third-order valence-corrected chi connectivity index (χ3v) is 15.6. The predicted octanol–water partition coefficient (Wildman–Crippen LogP) is 18.1. The molecule has 0 aliphatic carbocycles. The first-order valence-corrected chi connectivity index (χ1v) is 31.5. The summed E-state index contributed by atoms with van der Waals surface area (Å²) in [5.74, 6) is -3.58. The lowest BCUT2D eigenvalue weighted by molar-refractivity contribution is 0.219. The number of hydrogen-bond acceptors (Lipinski definition) is 8. The van der Waals surface area contributed by atoms with Gasteiger partial charge in [0.15, 0.2) is 23.0 Å². The van der Waals surface area contributed by atoms with E-state index in [0.29, 0.717) is 64.1 Å². The number of rotatable bonds is 46. The highest BCUT2D eigenvalue weighted by molar-refractivity contribution is 7.53. The van der Waals surface area contributed by atoms with Crippen molar-refractivity contribution in [2.75, 3.05) is 52.0 Å². The lowest BCUT2D eigenvalue weighted by Crippen LogP contribution is -2.10. The molecule has 2 aromatic carbocycles. The third-order valence-electron chi connectivity index (χ3n) is 12.5. The van der Waals surface area contributed by atoms with Crippen molar-refractivity contribution < 1.29 is 64.5 Å². The fraction of sp³-hybridized carbons (Fsp3) is 0.786. The van der Waals surface area contributed by atoms with Crippen LogP contribution in [-0.2, 0) is 18.2 Å². The third kappa shape index (κ3) is 34.3. The van der Waals surface area contributed by atoms with Crippen molar-refractivity contribution in [3.05, 3.63) is 47.5 Å². The van der Waals surface area contributed by atoms with E-state index in [1.165, 1.54) is 62.8 Å². The number of halogens is 4. The van der Waals surface area contributed by atoms with Gasteiger partial charge in [-0.2, -0.15) is 17.6 Å². The Morgan fingerprint density at radius 3 is 1.03 bits per heavy atom. The van der Waals surface area contributed by atoms with Gasteiger partial charge in [0.25, 0.3) is 0 Å². The summed E-state index contributed by atoms with van der Waals surface area (Å²) in [6, 6.07) is 5.80. The lowest BCUT2D eigenvalue weighted by Gasteiger charge is -2.16. The molecule has 0 aliphatic rings. The maximum Gasteiger partial charge on any atom is 0.330 e. The van der Waals surface area contributed by atoms with Gasteiger partial charge in [-0.05, 0) is 88.5 Å². The molecule has 10 nitrogen and oxygen atoms in total. The van der Waals surface area contributed by atoms with Gasteiger partial charge in [0.2, 0.25) is 23.3 Å². The molecular formula is C56H98F4O10P2. The molecule has 0 fully saturated rings. The summed E-state index contributed by atoms with van der Waals surface area (Å²) in [5, 5.41) is 0. The number of benzene rings is 2. The molecule has 0 heterocycles. The minimum atomic E-state index is -3.85. The van der Waals surface area contributed by atoms with Gasteiger partial charge >= 0.3 is 15.2 Å². The molecule has 0 saturated carbocycles. The maximum absolute atomic E-state index is 14.4. The fourth-order valence-electron chi connectivity index (χ4n) is 8.17. The largest absolute Gasteiger partial charge is 0.490 e.